The van der Waals surface area contributed by atoms with E-state index in [4.69, 9.17) is 13.9 Å². The topological polar surface area (TPSA) is 102 Å². The Hall–Kier alpha value is -4.86. The second-order valence-electron chi connectivity index (χ2n) is 15.4. The zero-order chi connectivity index (χ0) is 40.6. The number of likely N-dealkylation sites (tertiary alicyclic amines) is 1. The van der Waals surface area contributed by atoms with Crippen LogP contribution in [0.25, 0.3) is 0 Å². The Morgan fingerprint density at radius 2 is 1.37 bits per heavy atom. The van der Waals surface area contributed by atoms with Gasteiger partial charge in [-0.2, -0.15) is 0 Å². The van der Waals surface area contributed by atoms with E-state index in [-0.39, 0.29) is 42.8 Å². The number of hydrogen-bond donors (Lipinski definition) is 0. The molecule has 2 saturated heterocycles. The average Bonchev–Trinajstić information content (AvgIpc) is 3.22. The number of morpholine rings is 1. The Morgan fingerprint density at radius 1 is 0.842 bits per heavy atom. The first kappa shape index (κ1) is 41.8. The van der Waals surface area contributed by atoms with Gasteiger partial charge in [0.15, 0.2) is 26.5 Å². The van der Waals surface area contributed by atoms with E-state index >= 15 is 4.79 Å². The molecule has 0 bridgehead atoms. The SMILES string of the molecule is C=CCCC(=O)C(N1C(=O)[C@H]([C@@H](C)O[Si](C)(C)C)[C@H]1CC(=O)c1ccc(OCC(=O)N2CCOCC2)cc1)=P(c1ccccc1)(c1ccccc1)c1ccccc1. The number of hydrogen-bond acceptors (Lipinski definition) is 7. The molecule has 0 spiro atoms. The Balaban J connectivity index is 1.46. The molecule has 0 unspecified atom stereocenters. The van der Waals surface area contributed by atoms with Crippen LogP contribution in [0, 0.1) is 5.92 Å². The van der Waals surface area contributed by atoms with Crippen LogP contribution in [0.2, 0.25) is 19.6 Å². The van der Waals surface area contributed by atoms with Gasteiger partial charge < -0.3 is 23.7 Å². The first-order valence-corrected chi connectivity index (χ1v) is 24.9. The van der Waals surface area contributed by atoms with Crippen molar-refractivity contribution in [1.82, 2.24) is 9.80 Å². The predicted octanol–water partition coefficient (Wildman–Crippen LogP) is 6.22. The van der Waals surface area contributed by atoms with Crippen molar-refractivity contribution >= 4 is 59.9 Å². The van der Waals surface area contributed by atoms with E-state index in [0.29, 0.717) is 49.5 Å². The van der Waals surface area contributed by atoms with Crippen LogP contribution in [0.3, 0.4) is 0 Å². The quantitative estimate of drug-likeness (QED) is 0.0411. The highest BCUT2D eigenvalue weighted by Crippen LogP contribution is 2.50. The molecule has 2 fully saturated rings. The normalized spacial score (nSPS) is 17.6. The summed E-state index contributed by atoms with van der Waals surface area (Å²) in [6.07, 6.45) is 1.79. The number of benzene rings is 4. The molecule has 2 aliphatic heterocycles. The molecule has 2 aliphatic rings. The molecular weight excluding hydrogens is 752 g/mol. The van der Waals surface area contributed by atoms with Crippen LogP contribution in [-0.4, -0.2) is 92.0 Å². The molecule has 0 aliphatic carbocycles. The second kappa shape index (κ2) is 18.6. The third kappa shape index (κ3) is 9.31. The molecule has 298 valence electrons. The molecule has 6 rings (SSSR count). The van der Waals surface area contributed by atoms with Crippen LogP contribution in [-0.2, 0) is 23.5 Å². The van der Waals surface area contributed by atoms with E-state index in [1.54, 1.807) is 40.1 Å². The predicted molar refractivity (Wildman–Crippen MR) is 231 cm³/mol. The van der Waals surface area contributed by atoms with Gasteiger partial charge in [0.25, 0.3) is 5.91 Å². The van der Waals surface area contributed by atoms with E-state index in [1.165, 1.54) is 0 Å². The maximum absolute atomic E-state index is 15.1. The third-order valence-electron chi connectivity index (χ3n) is 10.4. The zero-order valence-electron chi connectivity index (χ0n) is 33.3. The summed E-state index contributed by atoms with van der Waals surface area (Å²) in [4.78, 5) is 60.5. The van der Waals surface area contributed by atoms with Gasteiger partial charge in [-0.15, -0.1) is 6.58 Å². The molecule has 2 amide bonds. The minimum absolute atomic E-state index is 0.0257. The number of carbonyl (C=O) groups is 4. The molecule has 0 N–H and O–H groups in total. The number of ether oxygens (including phenoxy) is 2. The van der Waals surface area contributed by atoms with E-state index in [1.807, 2.05) is 97.9 Å². The number of β-lactam (4-membered cyclic amide) rings is 1. The van der Waals surface area contributed by atoms with Crippen molar-refractivity contribution in [2.45, 2.75) is 58.0 Å². The summed E-state index contributed by atoms with van der Waals surface area (Å²) in [5.74, 6) is -0.864. The summed E-state index contributed by atoms with van der Waals surface area (Å²) >= 11 is 0. The Labute approximate surface area is 337 Å². The molecular formula is C46H53N2O7PSi. The molecule has 11 heteroatoms. The molecule has 0 aromatic heterocycles. The number of amides is 2. The maximum atomic E-state index is 15.1. The number of allylic oxidation sites excluding steroid dienone is 1. The fourth-order valence-electron chi connectivity index (χ4n) is 7.88. The summed E-state index contributed by atoms with van der Waals surface area (Å²) in [5, 5.41) is 2.79. The highest BCUT2D eigenvalue weighted by molar-refractivity contribution is 7.96. The van der Waals surface area contributed by atoms with Gasteiger partial charge in [0.1, 0.15) is 5.75 Å². The van der Waals surface area contributed by atoms with Crippen LogP contribution in [0.1, 0.15) is 36.5 Å². The van der Waals surface area contributed by atoms with Crippen molar-refractivity contribution in [3.63, 3.8) is 0 Å². The van der Waals surface area contributed by atoms with Gasteiger partial charge in [-0.25, -0.2) is 0 Å². The van der Waals surface area contributed by atoms with E-state index in [2.05, 4.69) is 26.2 Å². The molecule has 3 atom stereocenters. The minimum atomic E-state index is -3.06. The first-order valence-electron chi connectivity index (χ1n) is 19.7. The molecule has 4 aromatic rings. The van der Waals surface area contributed by atoms with E-state index in [9.17, 15) is 14.4 Å². The van der Waals surface area contributed by atoms with Gasteiger partial charge in [-0.3, -0.25) is 19.2 Å². The van der Waals surface area contributed by atoms with E-state index < -0.39 is 33.3 Å². The van der Waals surface area contributed by atoms with Crippen LogP contribution >= 0.6 is 6.89 Å². The summed E-state index contributed by atoms with van der Waals surface area (Å²) < 4.78 is 17.7. The highest BCUT2D eigenvalue weighted by Gasteiger charge is 2.56. The lowest BCUT2D eigenvalue weighted by atomic mass is 9.79. The molecule has 0 radical (unpaired) electrons. The summed E-state index contributed by atoms with van der Waals surface area (Å²) in [7, 11) is -2.13. The number of Topliss-reactive ketones (excluding diaryl/α,β-unsaturated/α-hetero) is 2. The number of nitrogens with zero attached hydrogens (tertiary/aromatic N) is 2. The standard InChI is InChI=1S/C46H53N2O7PSi/c1-6-7-23-41(49)46(56(37-17-11-8-12-18-37,38-19-13-9-14-20-38)39-21-15-10-16-22-39)48-40(44(45(48)52)34(2)55-57(3,4)5)32-42(50)35-24-26-36(27-25-35)54-33-43(51)47-28-30-53-31-29-47/h6,8-22,24-27,34,40,44H,1,7,23,28-33H2,2-5H3/t34-,40-,44-/m1/s1. The first-order chi connectivity index (χ1) is 27.5. The second-order valence-corrected chi connectivity index (χ2v) is 23.2. The van der Waals surface area contributed by atoms with Crippen LogP contribution in [0.15, 0.2) is 128 Å². The Bertz CT molecular complexity index is 1990. The number of rotatable bonds is 17. The number of carbonyl (C=O) groups excluding carboxylic acids is 4. The Kier molecular flexibility index (Phi) is 13.6. The third-order valence-corrected chi connectivity index (χ3v) is 15.8. The van der Waals surface area contributed by atoms with Gasteiger partial charge in [-0.05, 0) is 73.2 Å². The van der Waals surface area contributed by atoms with Crippen molar-refractivity contribution in [2.75, 3.05) is 32.9 Å². The van der Waals surface area contributed by atoms with Crippen molar-refractivity contribution in [3.05, 3.63) is 133 Å². The van der Waals surface area contributed by atoms with Crippen LogP contribution < -0.4 is 20.7 Å². The zero-order valence-corrected chi connectivity index (χ0v) is 35.2. The fraction of sp³-hybridized carbons (Fsp3) is 0.326. The number of ketones is 2. The largest absolute Gasteiger partial charge is 0.484 e. The smallest absolute Gasteiger partial charge is 0.260 e. The summed E-state index contributed by atoms with van der Waals surface area (Å²) in [5.41, 5.74) is 0.856. The lowest BCUT2D eigenvalue weighted by Gasteiger charge is -2.52. The summed E-state index contributed by atoms with van der Waals surface area (Å²) in [6.45, 7) is 11.0. The van der Waals surface area contributed by atoms with Crippen LogP contribution in [0.4, 0.5) is 0 Å². The monoisotopic (exact) mass is 804 g/mol. The molecule has 4 aromatic carbocycles. The van der Waals surface area contributed by atoms with Crippen molar-refractivity contribution in [1.29, 1.82) is 0 Å². The lowest BCUT2D eigenvalue weighted by Crippen LogP contribution is -2.69. The van der Waals surface area contributed by atoms with Crippen LogP contribution in [0.5, 0.6) is 5.75 Å². The molecule has 2 heterocycles. The minimum Gasteiger partial charge on any atom is -0.484 e. The van der Waals surface area contributed by atoms with E-state index in [0.717, 1.165) is 15.9 Å². The maximum Gasteiger partial charge on any atom is 0.260 e. The molecule has 0 saturated carbocycles. The van der Waals surface area contributed by atoms with Gasteiger partial charge in [0.2, 0.25) is 5.91 Å². The molecule has 9 nitrogen and oxygen atoms in total. The Morgan fingerprint density at radius 3 is 1.86 bits per heavy atom. The summed E-state index contributed by atoms with van der Waals surface area (Å²) in [6, 6.07) is 36.1. The van der Waals surface area contributed by atoms with Gasteiger partial charge >= 0.3 is 0 Å². The lowest BCUT2D eigenvalue weighted by molar-refractivity contribution is -0.154. The van der Waals surface area contributed by atoms with Crippen molar-refractivity contribution in [2.24, 2.45) is 5.92 Å². The van der Waals surface area contributed by atoms with Crippen molar-refractivity contribution < 1.29 is 33.1 Å². The molecule has 57 heavy (non-hydrogen) atoms. The van der Waals surface area contributed by atoms with Gasteiger partial charge in [-0.1, -0.05) is 97.1 Å². The fourth-order valence-corrected chi connectivity index (χ4v) is 13.7. The van der Waals surface area contributed by atoms with Gasteiger partial charge in [0.05, 0.1) is 36.7 Å². The highest BCUT2D eigenvalue weighted by atomic mass is 31.2. The van der Waals surface area contributed by atoms with Crippen molar-refractivity contribution in [3.8, 4) is 5.75 Å². The van der Waals surface area contributed by atoms with Gasteiger partial charge in [0, 0.05) is 38.4 Å². The average molecular weight is 805 g/mol.